The van der Waals surface area contributed by atoms with E-state index in [1.165, 1.54) is 0 Å². The molecule has 0 heterocycles. The van der Waals surface area contributed by atoms with E-state index in [0.29, 0.717) is 0 Å². The van der Waals surface area contributed by atoms with Crippen molar-refractivity contribution < 1.29 is 4.79 Å². The van der Waals surface area contributed by atoms with Gasteiger partial charge in [0, 0.05) is 17.4 Å². The molecule has 110 valence electrons. The SMILES string of the molecule is Cc1ccc(C)c(NC(=O)Nc2ccc(C(C)N)cc2)c1. The summed E-state index contributed by atoms with van der Waals surface area (Å²) in [5.74, 6) is 0. The van der Waals surface area contributed by atoms with Gasteiger partial charge in [0.15, 0.2) is 0 Å². The second-order valence-electron chi connectivity index (χ2n) is 5.31. The predicted octanol–water partition coefficient (Wildman–Crippen LogP) is 3.97. The Bertz CT molecular complexity index is 633. The number of nitrogens with one attached hydrogen (secondary N) is 2. The first-order valence-corrected chi connectivity index (χ1v) is 6.96. The quantitative estimate of drug-likeness (QED) is 0.798. The molecule has 4 nitrogen and oxygen atoms in total. The molecule has 2 aromatic carbocycles. The summed E-state index contributed by atoms with van der Waals surface area (Å²) in [7, 11) is 0. The smallest absolute Gasteiger partial charge is 0.323 e. The Labute approximate surface area is 125 Å². The van der Waals surface area contributed by atoms with Gasteiger partial charge in [0.2, 0.25) is 0 Å². The summed E-state index contributed by atoms with van der Waals surface area (Å²) in [5, 5.41) is 5.67. The van der Waals surface area contributed by atoms with Gasteiger partial charge in [0.05, 0.1) is 0 Å². The molecule has 2 rings (SSSR count). The third-order valence-electron chi connectivity index (χ3n) is 3.34. The standard InChI is InChI=1S/C17H21N3O/c1-11-4-5-12(2)16(10-11)20-17(21)19-15-8-6-14(7-9-15)13(3)18/h4-10,13H,18H2,1-3H3,(H2,19,20,21). The maximum Gasteiger partial charge on any atom is 0.323 e. The highest BCUT2D eigenvalue weighted by Gasteiger charge is 2.06. The topological polar surface area (TPSA) is 67.2 Å². The molecule has 0 bridgehead atoms. The molecule has 0 aliphatic rings. The minimum Gasteiger partial charge on any atom is -0.324 e. The summed E-state index contributed by atoms with van der Waals surface area (Å²) < 4.78 is 0. The van der Waals surface area contributed by atoms with Crippen LogP contribution in [0.15, 0.2) is 42.5 Å². The third-order valence-corrected chi connectivity index (χ3v) is 3.34. The number of carbonyl (C=O) groups excluding carboxylic acids is 1. The minimum atomic E-state index is -0.253. The number of rotatable bonds is 3. The summed E-state index contributed by atoms with van der Waals surface area (Å²) in [6.07, 6.45) is 0. The van der Waals surface area contributed by atoms with E-state index in [0.717, 1.165) is 28.1 Å². The normalized spacial score (nSPS) is 11.8. The van der Waals surface area contributed by atoms with Gasteiger partial charge in [0.25, 0.3) is 0 Å². The number of nitrogens with two attached hydrogens (primary N) is 1. The number of anilines is 2. The highest BCUT2D eigenvalue weighted by Crippen LogP contribution is 2.18. The summed E-state index contributed by atoms with van der Waals surface area (Å²) >= 11 is 0. The number of aryl methyl sites for hydroxylation is 2. The van der Waals surface area contributed by atoms with Gasteiger partial charge >= 0.3 is 6.03 Å². The summed E-state index contributed by atoms with van der Waals surface area (Å²) in [6.45, 7) is 5.89. The lowest BCUT2D eigenvalue weighted by Crippen LogP contribution is -2.20. The van der Waals surface area contributed by atoms with Crippen LogP contribution in [0.3, 0.4) is 0 Å². The zero-order valence-electron chi connectivity index (χ0n) is 12.6. The fourth-order valence-corrected chi connectivity index (χ4v) is 2.03. The predicted molar refractivity (Wildman–Crippen MR) is 87.6 cm³/mol. The second-order valence-corrected chi connectivity index (χ2v) is 5.31. The maximum absolute atomic E-state index is 12.0. The van der Waals surface area contributed by atoms with Crippen LogP contribution in [0.1, 0.15) is 29.7 Å². The minimum absolute atomic E-state index is 0.0113. The first-order chi connectivity index (χ1) is 9.95. The monoisotopic (exact) mass is 283 g/mol. The van der Waals surface area contributed by atoms with Crippen LogP contribution in [0.25, 0.3) is 0 Å². The van der Waals surface area contributed by atoms with Crippen molar-refractivity contribution in [3.05, 3.63) is 59.2 Å². The molecule has 2 aromatic rings. The van der Waals surface area contributed by atoms with Crippen molar-refractivity contribution in [1.82, 2.24) is 0 Å². The van der Waals surface area contributed by atoms with Crippen LogP contribution in [0.4, 0.5) is 16.2 Å². The Kier molecular flexibility index (Phi) is 4.60. The molecule has 4 heteroatoms. The lowest BCUT2D eigenvalue weighted by Gasteiger charge is -2.11. The highest BCUT2D eigenvalue weighted by molar-refractivity contribution is 6.00. The van der Waals surface area contributed by atoms with E-state index in [1.54, 1.807) is 0 Å². The van der Waals surface area contributed by atoms with Crippen molar-refractivity contribution in [3.63, 3.8) is 0 Å². The number of hydrogen-bond donors (Lipinski definition) is 3. The summed E-state index contributed by atoms with van der Waals surface area (Å²) in [5.41, 5.74) is 10.5. The van der Waals surface area contributed by atoms with Crippen molar-refractivity contribution in [1.29, 1.82) is 0 Å². The van der Waals surface area contributed by atoms with Gasteiger partial charge < -0.3 is 16.4 Å². The average molecular weight is 283 g/mol. The van der Waals surface area contributed by atoms with Gasteiger partial charge in [-0.1, -0.05) is 24.3 Å². The van der Waals surface area contributed by atoms with Crippen molar-refractivity contribution >= 4 is 17.4 Å². The Balaban J connectivity index is 2.03. The molecular weight excluding hydrogens is 262 g/mol. The van der Waals surface area contributed by atoms with Crippen LogP contribution in [0.2, 0.25) is 0 Å². The average Bonchev–Trinajstić information content (AvgIpc) is 2.43. The first-order valence-electron chi connectivity index (χ1n) is 6.96. The summed E-state index contributed by atoms with van der Waals surface area (Å²) in [4.78, 5) is 12.0. The van der Waals surface area contributed by atoms with E-state index in [-0.39, 0.29) is 12.1 Å². The van der Waals surface area contributed by atoms with Gasteiger partial charge in [-0.2, -0.15) is 0 Å². The molecule has 0 saturated heterocycles. The Morgan fingerprint density at radius 1 is 1.05 bits per heavy atom. The molecule has 0 radical (unpaired) electrons. The van der Waals surface area contributed by atoms with Crippen LogP contribution < -0.4 is 16.4 Å². The van der Waals surface area contributed by atoms with Crippen molar-refractivity contribution in [2.75, 3.05) is 10.6 Å². The molecule has 0 spiro atoms. The van der Waals surface area contributed by atoms with Crippen molar-refractivity contribution in [3.8, 4) is 0 Å². The molecule has 1 atom stereocenters. The van der Waals surface area contributed by atoms with Crippen LogP contribution in [0.5, 0.6) is 0 Å². The van der Waals surface area contributed by atoms with Gasteiger partial charge in [-0.05, 0) is 55.7 Å². The van der Waals surface area contributed by atoms with E-state index >= 15 is 0 Å². The zero-order chi connectivity index (χ0) is 15.4. The maximum atomic E-state index is 12.0. The molecule has 0 aliphatic heterocycles. The van der Waals surface area contributed by atoms with E-state index in [4.69, 9.17) is 5.73 Å². The van der Waals surface area contributed by atoms with Gasteiger partial charge in [-0.25, -0.2) is 4.79 Å². The van der Waals surface area contributed by atoms with Crippen LogP contribution >= 0.6 is 0 Å². The molecular formula is C17H21N3O. The lowest BCUT2D eigenvalue weighted by molar-refractivity contribution is 0.262. The fourth-order valence-electron chi connectivity index (χ4n) is 2.03. The first kappa shape index (κ1) is 15.1. The third kappa shape index (κ3) is 4.07. The van der Waals surface area contributed by atoms with E-state index in [1.807, 2.05) is 63.2 Å². The molecule has 1 unspecified atom stereocenters. The van der Waals surface area contributed by atoms with Gasteiger partial charge in [0.1, 0.15) is 0 Å². The number of hydrogen-bond acceptors (Lipinski definition) is 2. The van der Waals surface area contributed by atoms with E-state index in [2.05, 4.69) is 10.6 Å². The van der Waals surface area contributed by atoms with Crippen molar-refractivity contribution in [2.24, 2.45) is 5.73 Å². The Hall–Kier alpha value is -2.33. The molecule has 0 fully saturated rings. The number of amides is 2. The number of urea groups is 1. The lowest BCUT2D eigenvalue weighted by atomic mass is 10.1. The van der Waals surface area contributed by atoms with E-state index < -0.39 is 0 Å². The molecule has 2 amide bonds. The molecule has 0 aliphatic carbocycles. The Morgan fingerprint density at radius 2 is 1.71 bits per heavy atom. The fraction of sp³-hybridized carbons (Fsp3) is 0.235. The number of benzene rings is 2. The van der Waals surface area contributed by atoms with Crippen LogP contribution in [0, 0.1) is 13.8 Å². The van der Waals surface area contributed by atoms with Crippen molar-refractivity contribution in [2.45, 2.75) is 26.8 Å². The molecule has 21 heavy (non-hydrogen) atoms. The van der Waals surface area contributed by atoms with Crippen LogP contribution in [-0.4, -0.2) is 6.03 Å². The summed E-state index contributed by atoms with van der Waals surface area (Å²) in [6, 6.07) is 13.2. The van der Waals surface area contributed by atoms with Gasteiger partial charge in [-0.15, -0.1) is 0 Å². The van der Waals surface area contributed by atoms with Gasteiger partial charge in [-0.3, -0.25) is 0 Å². The molecule has 0 saturated carbocycles. The van der Waals surface area contributed by atoms with E-state index in [9.17, 15) is 4.79 Å². The Morgan fingerprint density at radius 3 is 2.33 bits per heavy atom. The highest BCUT2D eigenvalue weighted by atomic mass is 16.2. The molecule has 0 aromatic heterocycles. The number of carbonyl (C=O) groups is 1. The van der Waals surface area contributed by atoms with Crippen LogP contribution in [-0.2, 0) is 0 Å². The zero-order valence-corrected chi connectivity index (χ0v) is 12.6. The largest absolute Gasteiger partial charge is 0.324 e. The second kappa shape index (κ2) is 6.41. The molecule has 4 N–H and O–H groups in total.